The van der Waals surface area contributed by atoms with Crippen molar-refractivity contribution in [3.8, 4) is 0 Å². The molecular weight excluding hydrogens is 246 g/mol. The second-order valence-electron chi connectivity index (χ2n) is 4.14. The molecule has 0 saturated carbocycles. The van der Waals surface area contributed by atoms with Gasteiger partial charge in [0.2, 0.25) is 5.89 Å². The molecule has 19 heavy (non-hydrogen) atoms. The van der Waals surface area contributed by atoms with Crippen LogP contribution in [-0.2, 0) is 6.42 Å². The van der Waals surface area contributed by atoms with Gasteiger partial charge in [0.15, 0.2) is 5.82 Å². The number of hydrazine groups is 1. The van der Waals surface area contributed by atoms with Crippen molar-refractivity contribution in [2.75, 3.05) is 17.3 Å². The molecule has 2 aromatic rings. The zero-order valence-corrected chi connectivity index (χ0v) is 11.2. The summed E-state index contributed by atoms with van der Waals surface area (Å²) >= 11 is 0. The fourth-order valence-electron chi connectivity index (χ4n) is 1.68. The molecule has 0 saturated heterocycles. The third kappa shape index (κ3) is 3.16. The van der Waals surface area contributed by atoms with Crippen molar-refractivity contribution in [3.63, 3.8) is 0 Å². The third-order valence-corrected chi connectivity index (χ3v) is 2.61. The zero-order chi connectivity index (χ0) is 13.8. The number of hydrogen-bond acceptors (Lipinski definition) is 8. The van der Waals surface area contributed by atoms with Crippen molar-refractivity contribution in [2.24, 2.45) is 5.84 Å². The number of nitrogen functional groups attached to an aromatic ring is 1. The summed E-state index contributed by atoms with van der Waals surface area (Å²) in [6.45, 7) is 6.13. The van der Waals surface area contributed by atoms with E-state index in [4.69, 9.17) is 10.4 Å². The van der Waals surface area contributed by atoms with Crippen LogP contribution in [0.15, 0.2) is 4.52 Å². The molecular formula is C11H17N7O. The Hall–Kier alpha value is -2.22. The van der Waals surface area contributed by atoms with Crippen LogP contribution < -0.4 is 16.6 Å². The van der Waals surface area contributed by atoms with Gasteiger partial charge in [-0.3, -0.25) is 0 Å². The predicted molar refractivity (Wildman–Crippen MR) is 70.5 cm³/mol. The van der Waals surface area contributed by atoms with Gasteiger partial charge < -0.3 is 15.3 Å². The highest BCUT2D eigenvalue weighted by atomic mass is 16.5. The van der Waals surface area contributed by atoms with Crippen molar-refractivity contribution < 1.29 is 4.52 Å². The number of nitrogens with zero attached hydrogens (tertiary/aromatic N) is 4. The molecule has 4 N–H and O–H groups in total. The monoisotopic (exact) mass is 263 g/mol. The number of hydrogen-bond donors (Lipinski definition) is 3. The first kappa shape index (κ1) is 13.2. The standard InChI is InChI=1S/C11H17N7O/c1-6-10(14-7(2)15-11(6)17-12)13-5-4-9-16-8(3)19-18-9/h4-5,12H2,1-3H3,(H2,13,14,15,17). The summed E-state index contributed by atoms with van der Waals surface area (Å²) in [5.74, 6) is 8.67. The van der Waals surface area contributed by atoms with Gasteiger partial charge in [0, 0.05) is 25.5 Å². The molecule has 0 aliphatic heterocycles. The minimum atomic E-state index is 0.568. The quantitative estimate of drug-likeness (QED) is 0.534. The third-order valence-electron chi connectivity index (χ3n) is 2.61. The lowest BCUT2D eigenvalue weighted by Crippen LogP contribution is -2.15. The van der Waals surface area contributed by atoms with Crippen molar-refractivity contribution >= 4 is 11.6 Å². The van der Waals surface area contributed by atoms with Gasteiger partial charge in [-0.2, -0.15) is 4.98 Å². The Morgan fingerprint density at radius 2 is 1.84 bits per heavy atom. The van der Waals surface area contributed by atoms with Crippen LogP contribution in [-0.4, -0.2) is 26.7 Å². The normalized spacial score (nSPS) is 10.5. The summed E-state index contributed by atoms with van der Waals surface area (Å²) < 4.78 is 4.91. The highest BCUT2D eigenvalue weighted by Crippen LogP contribution is 2.18. The van der Waals surface area contributed by atoms with Gasteiger partial charge in [0.25, 0.3) is 0 Å². The number of nitrogens with one attached hydrogen (secondary N) is 2. The van der Waals surface area contributed by atoms with E-state index in [-0.39, 0.29) is 0 Å². The van der Waals surface area contributed by atoms with Gasteiger partial charge >= 0.3 is 0 Å². The molecule has 102 valence electrons. The van der Waals surface area contributed by atoms with Crippen LogP contribution in [0.3, 0.4) is 0 Å². The van der Waals surface area contributed by atoms with Crippen molar-refractivity contribution in [1.82, 2.24) is 20.1 Å². The number of nitrogens with two attached hydrogens (primary N) is 1. The second-order valence-corrected chi connectivity index (χ2v) is 4.14. The van der Waals surface area contributed by atoms with E-state index in [1.54, 1.807) is 6.92 Å². The summed E-state index contributed by atoms with van der Waals surface area (Å²) in [4.78, 5) is 12.7. The molecule has 2 heterocycles. The molecule has 0 bridgehead atoms. The second kappa shape index (κ2) is 5.61. The molecule has 8 nitrogen and oxygen atoms in total. The maximum atomic E-state index is 5.41. The molecule has 0 aliphatic carbocycles. The Morgan fingerprint density at radius 3 is 2.47 bits per heavy atom. The van der Waals surface area contributed by atoms with Crippen LogP contribution in [0.25, 0.3) is 0 Å². The average molecular weight is 263 g/mol. The van der Waals surface area contributed by atoms with Crippen LogP contribution in [0, 0.1) is 20.8 Å². The molecule has 0 amide bonds. The van der Waals surface area contributed by atoms with Crippen LogP contribution in [0.2, 0.25) is 0 Å². The van der Waals surface area contributed by atoms with Crippen molar-refractivity contribution in [3.05, 3.63) is 23.1 Å². The topological polar surface area (TPSA) is 115 Å². The minimum Gasteiger partial charge on any atom is -0.369 e. The molecule has 8 heteroatoms. The maximum Gasteiger partial charge on any atom is 0.223 e. The van der Waals surface area contributed by atoms with Crippen molar-refractivity contribution in [2.45, 2.75) is 27.2 Å². The van der Waals surface area contributed by atoms with E-state index < -0.39 is 0 Å². The lowest BCUT2D eigenvalue weighted by Gasteiger charge is -2.11. The van der Waals surface area contributed by atoms with Gasteiger partial charge in [0.05, 0.1) is 0 Å². The fraction of sp³-hybridized carbons (Fsp3) is 0.455. The summed E-state index contributed by atoms with van der Waals surface area (Å²) in [6.07, 6.45) is 0.658. The molecule has 0 atom stereocenters. The Kier molecular flexibility index (Phi) is 3.91. The SMILES string of the molecule is Cc1nc(NN)c(C)c(NCCc2noc(C)n2)n1. The summed E-state index contributed by atoms with van der Waals surface area (Å²) in [6, 6.07) is 0. The highest BCUT2D eigenvalue weighted by Gasteiger charge is 2.08. The van der Waals surface area contributed by atoms with Crippen LogP contribution >= 0.6 is 0 Å². The molecule has 0 unspecified atom stereocenters. The lowest BCUT2D eigenvalue weighted by molar-refractivity contribution is 0.387. The van der Waals surface area contributed by atoms with Crippen LogP contribution in [0.1, 0.15) is 23.1 Å². The predicted octanol–water partition coefficient (Wildman–Crippen LogP) is 0.725. The minimum absolute atomic E-state index is 0.568. The van der Waals surface area contributed by atoms with E-state index in [0.717, 1.165) is 11.4 Å². The van der Waals surface area contributed by atoms with E-state index in [0.29, 0.717) is 36.3 Å². The van der Waals surface area contributed by atoms with E-state index in [1.165, 1.54) is 0 Å². The summed E-state index contributed by atoms with van der Waals surface area (Å²) in [5, 5.41) is 7.05. The average Bonchev–Trinajstić information content (AvgIpc) is 2.79. The number of aryl methyl sites for hydroxylation is 2. The number of anilines is 2. The molecule has 0 aliphatic rings. The van der Waals surface area contributed by atoms with E-state index in [2.05, 4.69) is 30.9 Å². The lowest BCUT2D eigenvalue weighted by atomic mass is 10.3. The Balaban J connectivity index is 2.01. The van der Waals surface area contributed by atoms with Crippen LogP contribution in [0.5, 0.6) is 0 Å². The molecule has 0 aromatic carbocycles. The van der Waals surface area contributed by atoms with Gasteiger partial charge in [0.1, 0.15) is 17.5 Å². The van der Waals surface area contributed by atoms with Gasteiger partial charge in [-0.15, -0.1) is 0 Å². The molecule has 0 spiro atoms. The maximum absolute atomic E-state index is 5.41. The van der Waals surface area contributed by atoms with Crippen LogP contribution in [0.4, 0.5) is 11.6 Å². The summed E-state index contributed by atoms with van der Waals surface area (Å²) in [7, 11) is 0. The van der Waals surface area contributed by atoms with E-state index in [1.807, 2.05) is 13.8 Å². The molecule has 2 rings (SSSR count). The Morgan fingerprint density at radius 1 is 1.11 bits per heavy atom. The first-order chi connectivity index (χ1) is 9.10. The first-order valence-corrected chi connectivity index (χ1v) is 5.95. The molecule has 0 fully saturated rings. The van der Waals surface area contributed by atoms with Crippen molar-refractivity contribution in [1.29, 1.82) is 0 Å². The Bertz CT molecular complexity index is 566. The smallest absolute Gasteiger partial charge is 0.223 e. The molecule has 0 radical (unpaired) electrons. The van der Waals surface area contributed by atoms with E-state index in [9.17, 15) is 0 Å². The summed E-state index contributed by atoms with van der Waals surface area (Å²) in [5.41, 5.74) is 3.43. The van der Waals surface area contributed by atoms with Gasteiger partial charge in [-0.25, -0.2) is 15.8 Å². The number of rotatable bonds is 5. The molecule has 2 aromatic heterocycles. The fourth-order valence-corrected chi connectivity index (χ4v) is 1.68. The highest BCUT2D eigenvalue weighted by molar-refractivity contribution is 5.56. The van der Waals surface area contributed by atoms with E-state index >= 15 is 0 Å². The van der Waals surface area contributed by atoms with Gasteiger partial charge in [-0.1, -0.05) is 5.16 Å². The largest absolute Gasteiger partial charge is 0.369 e. The zero-order valence-electron chi connectivity index (χ0n) is 11.2. The Labute approximate surface area is 110 Å². The van der Waals surface area contributed by atoms with Gasteiger partial charge in [-0.05, 0) is 13.8 Å². The first-order valence-electron chi connectivity index (χ1n) is 5.95. The number of aromatic nitrogens is 4.